The van der Waals surface area contributed by atoms with Gasteiger partial charge in [0.2, 0.25) is 0 Å². The number of ether oxygens (including phenoxy) is 1. The molecule has 1 radical (unpaired) electrons. The van der Waals surface area contributed by atoms with E-state index in [-0.39, 0.29) is 11.9 Å². The van der Waals surface area contributed by atoms with Crippen LogP contribution < -0.4 is 4.74 Å². The Balaban J connectivity index is 1.73. The van der Waals surface area contributed by atoms with E-state index in [9.17, 15) is 4.39 Å². The van der Waals surface area contributed by atoms with Gasteiger partial charge in [0.25, 0.3) is 0 Å². The molecule has 2 heteroatoms. The lowest BCUT2D eigenvalue weighted by Gasteiger charge is -2.26. The number of aryl methyl sites for hydroxylation is 1. The van der Waals surface area contributed by atoms with Gasteiger partial charge in [0.15, 0.2) is 0 Å². The van der Waals surface area contributed by atoms with E-state index in [0.717, 1.165) is 29.7 Å². The first kappa shape index (κ1) is 11.3. The zero-order valence-corrected chi connectivity index (χ0v) is 9.97. The molecule has 1 aliphatic heterocycles. The molecule has 2 aromatic carbocycles. The maximum Gasteiger partial charge on any atom is 0.123 e. The molecule has 0 amide bonds. The summed E-state index contributed by atoms with van der Waals surface area (Å²) in [5, 5.41) is 0. The van der Waals surface area contributed by atoms with Gasteiger partial charge in [0.1, 0.15) is 17.7 Å². The van der Waals surface area contributed by atoms with Crippen LogP contribution in [0.2, 0.25) is 0 Å². The fourth-order valence-electron chi connectivity index (χ4n) is 2.27. The van der Waals surface area contributed by atoms with Crippen molar-refractivity contribution < 1.29 is 9.13 Å². The fourth-order valence-corrected chi connectivity index (χ4v) is 2.27. The minimum atomic E-state index is -0.192. The molecule has 1 atom stereocenters. The molecule has 91 valence electrons. The highest BCUT2D eigenvalue weighted by Gasteiger charge is 2.20. The zero-order valence-electron chi connectivity index (χ0n) is 9.97. The van der Waals surface area contributed by atoms with Crippen molar-refractivity contribution in [1.29, 1.82) is 0 Å². The first-order valence-corrected chi connectivity index (χ1v) is 6.16. The quantitative estimate of drug-likeness (QED) is 0.777. The van der Waals surface area contributed by atoms with Crippen molar-refractivity contribution in [3.63, 3.8) is 0 Å². The second-order valence-electron chi connectivity index (χ2n) is 4.52. The highest BCUT2D eigenvalue weighted by Crippen LogP contribution is 2.29. The van der Waals surface area contributed by atoms with Crippen molar-refractivity contribution >= 4 is 0 Å². The topological polar surface area (TPSA) is 9.23 Å². The monoisotopic (exact) mass is 241 g/mol. The third kappa shape index (κ3) is 2.37. The Morgan fingerprint density at radius 2 is 1.94 bits per heavy atom. The van der Waals surface area contributed by atoms with Gasteiger partial charge in [0, 0.05) is 6.42 Å². The molecule has 0 spiro atoms. The van der Waals surface area contributed by atoms with E-state index >= 15 is 0 Å². The smallest absolute Gasteiger partial charge is 0.123 e. The van der Waals surface area contributed by atoms with E-state index in [4.69, 9.17) is 4.74 Å². The van der Waals surface area contributed by atoms with Crippen LogP contribution in [0.1, 0.15) is 17.5 Å². The Bertz CT molecular complexity index is 536. The van der Waals surface area contributed by atoms with Gasteiger partial charge in [-0.2, -0.15) is 0 Å². The van der Waals surface area contributed by atoms with Gasteiger partial charge >= 0.3 is 0 Å². The third-order valence-corrected chi connectivity index (χ3v) is 3.18. The van der Waals surface area contributed by atoms with E-state index in [1.807, 2.05) is 18.2 Å². The van der Waals surface area contributed by atoms with Crippen LogP contribution in [0.5, 0.6) is 5.75 Å². The van der Waals surface area contributed by atoms with Crippen molar-refractivity contribution in [1.82, 2.24) is 0 Å². The summed E-state index contributed by atoms with van der Waals surface area (Å²) in [5.74, 6) is 0.614. The van der Waals surface area contributed by atoms with Crippen LogP contribution in [-0.4, -0.2) is 6.10 Å². The summed E-state index contributed by atoms with van der Waals surface area (Å²) in [6.07, 6.45) is 3.95. The fraction of sp³-hybridized carbons (Fsp3) is 0.188. The molecule has 1 heterocycles. The second-order valence-corrected chi connectivity index (χ2v) is 4.52. The summed E-state index contributed by atoms with van der Waals surface area (Å²) in [6, 6.07) is 14.9. The molecule has 0 aliphatic carbocycles. The van der Waals surface area contributed by atoms with Crippen LogP contribution in [0.25, 0.3) is 0 Å². The van der Waals surface area contributed by atoms with Crippen molar-refractivity contribution in [2.45, 2.75) is 18.9 Å². The van der Waals surface area contributed by atoms with Gasteiger partial charge in [0.05, 0.1) is 0 Å². The number of benzene rings is 2. The Kier molecular flexibility index (Phi) is 3.01. The zero-order chi connectivity index (χ0) is 12.4. The maximum atomic E-state index is 13.1. The van der Waals surface area contributed by atoms with E-state index in [0.29, 0.717) is 0 Å². The SMILES string of the molecule is Fc1ccc2c(c1)CCC([CH]c1ccccc1)O2. The van der Waals surface area contributed by atoms with E-state index in [1.165, 1.54) is 6.07 Å². The van der Waals surface area contributed by atoms with Gasteiger partial charge in [-0.05, 0) is 42.2 Å². The van der Waals surface area contributed by atoms with Gasteiger partial charge < -0.3 is 4.74 Å². The molecule has 0 fully saturated rings. The number of hydrogen-bond acceptors (Lipinski definition) is 1. The van der Waals surface area contributed by atoms with Crippen molar-refractivity contribution in [3.05, 3.63) is 71.9 Å². The predicted molar refractivity (Wildman–Crippen MR) is 69.0 cm³/mol. The third-order valence-electron chi connectivity index (χ3n) is 3.18. The predicted octanol–water partition coefficient (Wildman–Crippen LogP) is 3.77. The summed E-state index contributed by atoms with van der Waals surface area (Å²) >= 11 is 0. The van der Waals surface area contributed by atoms with Crippen molar-refractivity contribution in [3.8, 4) is 5.75 Å². The van der Waals surface area contributed by atoms with Crippen LogP contribution in [0.15, 0.2) is 48.5 Å². The maximum absolute atomic E-state index is 13.1. The molecule has 0 saturated heterocycles. The molecule has 18 heavy (non-hydrogen) atoms. The Labute approximate surface area is 106 Å². The summed E-state index contributed by atoms with van der Waals surface area (Å²) in [7, 11) is 0. The first-order chi connectivity index (χ1) is 8.81. The van der Waals surface area contributed by atoms with Crippen LogP contribution in [0.3, 0.4) is 0 Å². The lowest BCUT2D eigenvalue weighted by atomic mass is 9.97. The molecular weight excluding hydrogens is 227 g/mol. The minimum absolute atomic E-state index is 0.0744. The summed E-state index contributed by atoms with van der Waals surface area (Å²) in [5.41, 5.74) is 2.13. The largest absolute Gasteiger partial charge is 0.489 e. The van der Waals surface area contributed by atoms with Gasteiger partial charge in [-0.25, -0.2) is 4.39 Å². The molecular formula is C16H14FO. The minimum Gasteiger partial charge on any atom is -0.489 e. The highest BCUT2D eigenvalue weighted by atomic mass is 19.1. The van der Waals surface area contributed by atoms with Crippen molar-refractivity contribution in [2.24, 2.45) is 0 Å². The summed E-state index contributed by atoms with van der Waals surface area (Å²) < 4.78 is 18.9. The molecule has 1 aliphatic rings. The van der Waals surface area contributed by atoms with E-state index in [1.54, 1.807) is 12.1 Å². The number of rotatable bonds is 2. The van der Waals surface area contributed by atoms with Crippen LogP contribution in [0, 0.1) is 12.2 Å². The molecule has 0 saturated carbocycles. The van der Waals surface area contributed by atoms with Gasteiger partial charge in [-0.15, -0.1) is 0 Å². The lowest BCUT2D eigenvalue weighted by molar-refractivity contribution is 0.206. The Morgan fingerprint density at radius 3 is 2.78 bits per heavy atom. The number of fused-ring (bicyclic) bond motifs is 1. The Hall–Kier alpha value is -1.83. The van der Waals surface area contributed by atoms with E-state index < -0.39 is 0 Å². The number of halogens is 1. The molecule has 3 rings (SSSR count). The molecule has 1 nitrogen and oxygen atoms in total. The van der Waals surface area contributed by atoms with Crippen LogP contribution in [-0.2, 0) is 6.42 Å². The first-order valence-electron chi connectivity index (χ1n) is 6.16. The lowest BCUT2D eigenvalue weighted by Crippen LogP contribution is -2.23. The summed E-state index contributed by atoms with van der Waals surface area (Å²) in [6.45, 7) is 0. The Morgan fingerprint density at radius 1 is 1.11 bits per heavy atom. The molecule has 0 N–H and O–H groups in total. The average Bonchev–Trinajstić information content (AvgIpc) is 2.40. The average molecular weight is 241 g/mol. The van der Waals surface area contributed by atoms with E-state index in [2.05, 4.69) is 18.6 Å². The van der Waals surface area contributed by atoms with Gasteiger partial charge in [-0.3, -0.25) is 0 Å². The molecule has 1 unspecified atom stereocenters. The summed E-state index contributed by atoms with van der Waals surface area (Å²) in [4.78, 5) is 0. The second kappa shape index (κ2) is 4.81. The molecule has 0 aromatic heterocycles. The van der Waals surface area contributed by atoms with Crippen LogP contribution in [0.4, 0.5) is 4.39 Å². The molecule has 0 bridgehead atoms. The number of hydrogen-bond donors (Lipinski definition) is 0. The molecule has 2 aromatic rings. The standard InChI is InChI=1S/C16H14FO/c17-14-7-9-16-13(11-14)6-8-15(18-16)10-12-4-2-1-3-5-12/h1-5,7,9-11,15H,6,8H2. The highest BCUT2D eigenvalue weighted by molar-refractivity contribution is 5.37. The van der Waals surface area contributed by atoms with Crippen LogP contribution >= 0.6 is 0 Å². The van der Waals surface area contributed by atoms with Gasteiger partial charge in [-0.1, -0.05) is 30.3 Å². The normalized spacial score (nSPS) is 17.9. The van der Waals surface area contributed by atoms with Crippen molar-refractivity contribution in [2.75, 3.05) is 0 Å².